The van der Waals surface area contributed by atoms with E-state index < -0.39 is 11.2 Å². The summed E-state index contributed by atoms with van der Waals surface area (Å²) in [5.74, 6) is 2.92. The second kappa shape index (κ2) is 12.6. The van der Waals surface area contributed by atoms with Crippen molar-refractivity contribution in [2.24, 2.45) is 0 Å². The molecule has 40 heavy (non-hydrogen) atoms. The third kappa shape index (κ3) is 6.63. The van der Waals surface area contributed by atoms with Crippen molar-refractivity contribution in [3.05, 3.63) is 49.8 Å². The summed E-state index contributed by atoms with van der Waals surface area (Å²) in [7, 11) is 0. The van der Waals surface area contributed by atoms with Crippen LogP contribution >= 0.6 is 43.5 Å². The number of rotatable bonds is 2. The van der Waals surface area contributed by atoms with Crippen molar-refractivity contribution in [2.75, 3.05) is 5.73 Å². The fourth-order valence-corrected chi connectivity index (χ4v) is 6.91. The summed E-state index contributed by atoms with van der Waals surface area (Å²) in [4.78, 5) is 17.5. The molecule has 4 aromatic rings. The fourth-order valence-electron chi connectivity index (χ4n) is 5.34. The largest absolute Gasteiger partial charge is 0.390 e. The number of nitrogen functional groups attached to an aromatic ring is 1. The molecule has 0 aliphatic heterocycles. The van der Waals surface area contributed by atoms with Gasteiger partial charge >= 0.3 is 0 Å². The Bertz CT molecular complexity index is 1370. The molecule has 0 bridgehead atoms. The Morgan fingerprint density at radius 3 is 1.60 bits per heavy atom. The first-order chi connectivity index (χ1) is 16.7. The minimum Gasteiger partial charge on any atom is -0.390 e. The molecule has 0 atom stereocenters. The zero-order chi connectivity index (χ0) is 26.2. The summed E-state index contributed by atoms with van der Waals surface area (Å²) in [6, 6.07) is 0. The number of hydrogen-bond acceptors (Lipinski definition) is 8. The van der Waals surface area contributed by atoms with Crippen LogP contribution < -0.4 is 11.9 Å². The zero-order valence-corrected chi connectivity index (χ0v) is 25.1. The van der Waals surface area contributed by atoms with Crippen LogP contribution in [0.15, 0.2) is 21.6 Å². The first-order valence-electron chi connectivity index (χ1n) is 11.7. The SMILES string of the molecule is C.C.C.Cc1cn2c(C3CC(C)(O)C3)nc(Br)c2c(Cl)n1.Cc1cn2c(C3CC(C)(O)C3)nc(Br)c2c(N)n1.N. The molecule has 4 aromatic heterocycles. The number of nitrogens with zero attached hydrogens (tertiary/aromatic N) is 6. The van der Waals surface area contributed by atoms with E-state index in [2.05, 4.69) is 51.8 Å². The standard InChI is InChI=1S/C12H13BrClN3O.C12H15BrN4O.3CH4.H3N/c2*1-6-5-17-8(10(14)15-6)9(13)16-11(17)7-3-12(2,18)4-7;;;;/h5,7,18H,3-4H2,1-2H3;5,7,18H,3-4H2,1-2H3,(H2,14,15);3*1H4;1H3. The smallest absolute Gasteiger partial charge is 0.156 e. The lowest BCUT2D eigenvalue weighted by atomic mass is 9.72. The maximum atomic E-state index is 9.85. The molecule has 0 unspecified atom stereocenters. The van der Waals surface area contributed by atoms with Crippen LogP contribution in [0.4, 0.5) is 5.82 Å². The third-order valence-electron chi connectivity index (χ3n) is 6.91. The van der Waals surface area contributed by atoms with Crippen LogP contribution in [0.3, 0.4) is 0 Å². The van der Waals surface area contributed by atoms with Gasteiger partial charge < -0.3 is 22.1 Å². The predicted octanol–water partition coefficient (Wildman–Crippen LogP) is 7.16. The molecule has 13 heteroatoms. The predicted molar refractivity (Wildman–Crippen MR) is 171 cm³/mol. The van der Waals surface area contributed by atoms with E-state index in [0.29, 0.717) is 20.2 Å². The molecule has 0 amide bonds. The second-order valence-electron chi connectivity index (χ2n) is 10.6. The Kier molecular flexibility index (Phi) is 11.4. The molecule has 7 N–H and O–H groups in total. The van der Waals surface area contributed by atoms with Crippen LogP contribution in [0, 0.1) is 13.8 Å². The van der Waals surface area contributed by atoms with Gasteiger partial charge in [0, 0.05) is 24.2 Å². The van der Waals surface area contributed by atoms with Gasteiger partial charge in [0.15, 0.2) is 11.0 Å². The monoisotopic (exact) mass is 704 g/mol. The molecule has 2 fully saturated rings. The average molecular weight is 707 g/mol. The molecule has 2 aliphatic carbocycles. The van der Waals surface area contributed by atoms with E-state index >= 15 is 0 Å². The highest BCUT2D eigenvalue weighted by molar-refractivity contribution is 9.10. The van der Waals surface area contributed by atoms with Crippen molar-refractivity contribution < 1.29 is 10.2 Å². The highest BCUT2D eigenvalue weighted by atomic mass is 79.9. The minimum absolute atomic E-state index is 0. The number of aryl methyl sites for hydroxylation is 2. The van der Waals surface area contributed by atoms with Gasteiger partial charge in [-0.15, -0.1) is 0 Å². The van der Waals surface area contributed by atoms with E-state index in [1.807, 2.05) is 48.9 Å². The number of hydrogen-bond donors (Lipinski definition) is 4. The maximum absolute atomic E-state index is 9.85. The van der Waals surface area contributed by atoms with Crippen molar-refractivity contribution in [3.63, 3.8) is 0 Å². The van der Waals surface area contributed by atoms with Crippen molar-refractivity contribution in [1.29, 1.82) is 0 Å². The summed E-state index contributed by atoms with van der Waals surface area (Å²) in [5.41, 5.74) is 8.13. The zero-order valence-electron chi connectivity index (χ0n) is 21.1. The van der Waals surface area contributed by atoms with E-state index in [4.69, 9.17) is 17.3 Å². The molecule has 4 heterocycles. The molecular weight excluding hydrogens is 664 g/mol. The molecule has 6 rings (SSSR count). The van der Waals surface area contributed by atoms with E-state index in [1.54, 1.807) is 0 Å². The minimum atomic E-state index is -0.561. The van der Waals surface area contributed by atoms with Gasteiger partial charge in [-0.2, -0.15) is 0 Å². The quantitative estimate of drug-likeness (QED) is 0.171. The number of halogens is 3. The molecule has 0 spiro atoms. The van der Waals surface area contributed by atoms with Crippen LogP contribution in [0.2, 0.25) is 5.15 Å². The number of imidazole rings is 2. The van der Waals surface area contributed by atoms with Crippen molar-refractivity contribution in [3.8, 4) is 0 Å². The highest BCUT2D eigenvalue weighted by Crippen LogP contribution is 2.46. The molecular formula is C27H43Br2ClN8O2. The molecule has 224 valence electrons. The van der Waals surface area contributed by atoms with Crippen molar-refractivity contribution in [2.45, 2.75) is 98.7 Å². The van der Waals surface area contributed by atoms with E-state index in [-0.39, 0.29) is 40.3 Å². The van der Waals surface area contributed by atoms with Gasteiger partial charge in [-0.1, -0.05) is 33.9 Å². The van der Waals surface area contributed by atoms with Gasteiger partial charge in [0.1, 0.15) is 31.9 Å². The Balaban J connectivity index is 0.000000364. The first kappa shape index (κ1) is 36.2. The maximum Gasteiger partial charge on any atom is 0.156 e. The molecule has 0 aromatic carbocycles. The van der Waals surface area contributed by atoms with Gasteiger partial charge in [0.2, 0.25) is 0 Å². The van der Waals surface area contributed by atoms with Crippen LogP contribution in [0.5, 0.6) is 0 Å². The van der Waals surface area contributed by atoms with E-state index in [0.717, 1.165) is 59.8 Å². The lowest BCUT2D eigenvalue weighted by molar-refractivity contribution is -0.0340. The van der Waals surface area contributed by atoms with Crippen LogP contribution in [0.1, 0.15) is 96.7 Å². The summed E-state index contributed by atoms with van der Waals surface area (Å²) in [6.07, 6.45) is 6.81. The Labute approximate surface area is 258 Å². The Morgan fingerprint density at radius 1 is 0.800 bits per heavy atom. The van der Waals surface area contributed by atoms with E-state index in [1.165, 1.54) is 0 Å². The average Bonchev–Trinajstić information content (AvgIpc) is 3.21. The van der Waals surface area contributed by atoms with Gasteiger partial charge in [-0.05, 0) is 85.2 Å². The summed E-state index contributed by atoms with van der Waals surface area (Å²) in [6.45, 7) is 7.52. The highest BCUT2D eigenvalue weighted by Gasteiger charge is 2.42. The topological polar surface area (TPSA) is 162 Å². The Hall–Kier alpha value is -1.83. The second-order valence-corrected chi connectivity index (χ2v) is 12.5. The fraction of sp³-hybridized carbons (Fsp3) is 0.556. The third-order valence-corrected chi connectivity index (χ3v) is 8.28. The van der Waals surface area contributed by atoms with Gasteiger partial charge in [-0.25, -0.2) is 19.9 Å². The molecule has 2 saturated carbocycles. The van der Waals surface area contributed by atoms with Crippen molar-refractivity contribution >= 4 is 60.3 Å². The van der Waals surface area contributed by atoms with Gasteiger partial charge in [0.05, 0.1) is 22.6 Å². The Morgan fingerprint density at radius 2 is 1.18 bits per heavy atom. The molecule has 10 nitrogen and oxygen atoms in total. The lowest BCUT2D eigenvalue weighted by Gasteiger charge is -2.40. The normalized spacial score (nSPS) is 24.7. The lowest BCUT2D eigenvalue weighted by Crippen LogP contribution is -2.40. The molecule has 0 saturated heterocycles. The summed E-state index contributed by atoms with van der Waals surface area (Å²) < 4.78 is 5.40. The summed E-state index contributed by atoms with van der Waals surface area (Å²) >= 11 is 13.0. The van der Waals surface area contributed by atoms with Gasteiger partial charge in [0.25, 0.3) is 0 Å². The number of fused-ring (bicyclic) bond motifs is 2. The number of anilines is 1. The van der Waals surface area contributed by atoms with E-state index in [9.17, 15) is 10.2 Å². The number of aliphatic hydroxyl groups is 2. The number of nitrogens with two attached hydrogens (primary N) is 1. The summed E-state index contributed by atoms with van der Waals surface area (Å²) in [5, 5.41) is 20.1. The van der Waals surface area contributed by atoms with Crippen LogP contribution in [-0.2, 0) is 0 Å². The van der Waals surface area contributed by atoms with Crippen molar-refractivity contribution in [1.82, 2.24) is 34.9 Å². The van der Waals surface area contributed by atoms with Gasteiger partial charge in [-0.3, -0.25) is 8.80 Å². The molecule has 0 radical (unpaired) electrons. The van der Waals surface area contributed by atoms with Crippen LogP contribution in [-0.4, -0.2) is 50.2 Å². The number of aromatic nitrogens is 6. The molecule has 2 aliphatic rings. The van der Waals surface area contributed by atoms with Crippen LogP contribution in [0.25, 0.3) is 11.0 Å². The first-order valence-corrected chi connectivity index (χ1v) is 13.7.